The molecule has 0 atom stereocenters. The van der Waals surface area contributed by atoms with E-state index < -0.39 is 5.69 Å². The Balaban J connectivity index is 1.51. The lowest BCUT2D eigenvalue weighted by Gasteiger charge is -2.05. The molecule has 0 aliphatic carbocycles. The number of nitrogen functional groups attached to an aromatic ring is 2. The van der Waals surface area contributed by atoms with Crippen LogP contribution in [0.1, 0.15) is 23.0 Å². The topological polar surface area (TPSA) is 247 Å². The van der Waals surface area contributed by atoms with Gasteiger partial charge < -0.3 is 11.5 Å². The smallest absolute Gasteiger partial charge is 0.351 e. The molecule has 0 fully saturated rings. The van der Waals surface area contributed by atoms with Gasteiger partial charge in [0.15, 0.2) is 23.0 Å². The molecule has 37 heavy (non-hydrogen) atoms. The molecular weight excluding hydrogens is 522 g/mol. The van der Waals surface area contributed by atoms with Gasteiger partial charge in [-0.25, -0.2) is 14.8 Å². The third-order valence-corrected chi connectivity index (χ3v) is 6.03. The van der Waals surface area contributed by atoms with E-state index >= 15 is 0 Å². The summed E-state index contributed by atoms with van der Waals surface area (Å²) in [6.45, 7) is 6.84. The average Bonchev–Trinajstić information content (AvgIpc) is 3.59. The lowest BCUT2D eigenvalue weighted by molar-refractivity contribution is 0.732. The first-order chi connectivity index (χ1) is 17.7. The molecule has 5 N–H and O–H groups in total. The number of hydrogen-bond donors (Lipinski definition) is 3. The summed E-state index contributed by atoms with van der Waals surface area (Å²) in [5.74, 6) is 1.13. The summed E-state index contributed by atoms with van der Waals surface area (Å²) in [7, 11) is 0. The molecule has 20 heteroatoms. The van der Waals surface area contributed by atoms with E-state index in [1.54, 1.807) is 27.7 Å². The van der Waals surface area contributed by atoms with E-state index in [1.807, 2.05) is 0 Å². The molecule has 0 amide bonds. The van der Waals surface area contributed by atoms with Gasteiger partial charge in [-0.1, -0.05) is 0 Å². The molecule has 5 rings (SSSR count). The van der Waals surface area contributed by atoms with Crippen molar-refractivity contribution < 1.29 is 0 Å². The molecule has 0 aliphatic rings. The van der Waals surface area contributed by atoms with Crippen LogP contribution in [0.5, 0.6) is 0 Å². The second-order valence-corrected chi connectivity index (χ2v) is 8.85. The first kappa shape index (κ1) is 23.9. The third kappa shape index (κ3) is 4.69. The monoisotopic (exact) mass is 539 g/mol. The minimum absolute atomic E-state index is 0.0381. The average molecular weight is 540 g/mol. The minimum atomic E-state index is -0.736. The Hall–Kier alpha value is -4.85. The maximum absolute atomic E-state index is 12.4. The summed E-state index contributed by atoms with van der Waals surface area (Å²) < 4.78 is 10.5. The summed E-state index contributed by atoms with van der Waals surface area (Å²) in [5.41, 5.74) is 13.2. The van der Waals surface area contributed by atoms with Gasteiger partial charge in [-0.2, -0.15) is 38.3 Å². The zero-order valence-electron chi connectivity index (χ0n) is 19.6. The number of aryl methyl sites for hydroxylation is 4. The molecule has 0 saturated heterocycles. The summed E-state index contributed by atoms with van der Waals surface area (Å²) in [6.07, 6.45) is 0. The molecule has 0 radical (unpaired) electrons. The van der Waals surface area contributed by atoms with Crippen LogP contribution < -0.4 is 17.2 Å². The Morgan fingerprint density at radius 1 is 0.730 bits per heavy atom. The predicted molar refractivity (Wildman–Crippen MR) is 133 cm³/mol. The molecule has 5 heterocycles. The highest BCUT2D eigenvalue weighted by molar-refractivity contribution is 7.09. The van der Waals surface area contributed by atoms with Crippen LogP contribution in [0.25, 0.3) is 11.9 Å². The maximum atomic E-state index is 12.4. The second-order valence-electron chi connectivity index (χ2n) is 7.39. The fourth-order valence-electron chi connectivity index (χ4n) is 3.03. The van der Waals surface area contributed by atoms with Crippen LogP contribution in [0.3, 0.4) is 0 Å². The number of H-pyrrole nitrogens is 1. The van der Waals surface area contributed by atoms with Crippen molar-refractivity contribution >= 4 is 56.3 Å². The van der Waals surface area contributed by atoms with Crippen LogP contribution in [-0.2, 0) is 0 Å². The van der Waals surface area contributed by atoms with E-state index in [9.17, 15) is 4.79 Å². The Morgan fingerprint density at radius 2 is 1.24 bits per heavy atom. The lowest BCUT2D eigenvalue weighted by atomic mass is 10.4. The highest BCUT2D eigenvalue weighted by Crippen LogP contribution is 2.31. The van der Waals surface area contributed by atoms with Gasteiger partial charge in [-0.15, -0.1) is 20.5 Å². The molecule has 188 valence electrons. The molecule has 5 aromatic rings. The third-order valence-electron chi connectivity index (χ3n) is 4.65. The lowest BCUT2D eigenvalue weighted by Crippen LogP contribution is -2.22. The minimum Gasteiger partial charge on any atom is -0.382 e. The van der Waals surface area contributed by atoms with Crippen LogP contribution >= 0.6 is 23.1 Å². The zero-order valence-corrected chi connectivity index (χ0v) is 21.3. The van der Waals surface area contributed by atoms with Gasteiger partial charge in [-0.3, -0.25) is 4.98 Å². The van der Waals surface area contributed by atoms with Crippen molar-refractivity contribution in [3.63, 3.8) is 0 Å². The normalized spacial score (nSPS) is 11.9. The number of rotatable bonds is 6. The zero-order chi connectivity index (χ0) is 26.3. The number of anilines is 2. The predicted octanol–water partition coefficient (Wildman–Crippen LogP) is 2.47. The van der Waals surface area contributed by atoms with Crippen LogP contribution in [0.15, 0.2) is 25.3 Å². The fourth-order valence-corrected chi connectivity index (χ4v) is 4.04. The van der Waals surface area contributed by atoms with Crippen molar-refractivity contribution in [3.8, 4) is 11.9 Å². The van der Waals surface area contributed by atoms with Gasteiger partial charge in [0.1, 0.15) is 11.6 Å². The molecule has 18 nitrogen and oxygen atoms in total. The number of nitrogens with two attached hydrogens (primary N) is 2. The van der Waals surface area contributed by atoms with Gasteiger partial charge in [0.05, 0.1) is 11.4 Å². The number of azo groups is 2. The van der Waals surface area contributed by atoms with Crippen LogP contribution in [0, 0.1) is 27.7 Å². The van der Waals surface area contributed by atoms with Crippen molar-refractivity contribution in [3.05, 3.63) is 33.5 Å². The summed E-state index contributed by atoms with van der Waals surface area (Å²) in [6, 6.07) is 0. The molecule has 5 aromatic heterocycles. The van der Waals surface area contributed by atoms with Crippen molar-refractivity contribution in [2.24, 2.45) is 20.5 Å². The van der Waals surface area contributed by atoms with Crippen molar-refractivity contribution in [1.82, 2.24) is 53.2 Å². The number of nitrogens with one attached hydrogen (secondary N) is 1. The van der Waals surface area contributed by atoms with Crippen molar-refractivity contribution in [2.45, 2.75) is 27.7 Å². The molecule has 0 aromatic carbocycles. The van der Waals surface area contributed by atoms with Gasteiger partial charge in [0.25, 0.3) is 5.95 Å². The number of aromatic nitrogens is 11. The summed E-state index contributed by atoms with van der Waals surface area (Å²) >= 11 is 2.18. The van der Waals surface area contributed by atoms with Gasteiger partial charge in [0, 0.05) is 23.1 Å². The van der Waals surface area contributed by atoms with Gasteiger partial charge in [-0.05, 0) is 27.7 Å². The first-order valence-electron chi connectivity index (χ1n) is 10.3. The molecule has 0 saturated carbocycles. The molecular formula is C17H17N17OS2. The Morgan fingerprint density at radius 3 is 1.76 bits per heavy atom. The highest BCUT2D eigenvalue weighted by atomic mass is 32.1. The van der Waals surface area contributed by atoms with E-state index in [0.717, 1.165) is 23.1 Å². The van der Waals surface area contributed by atoms with E-state index in [1.165, 1.54) is 9.36 Å². The number of aromatic amines is 1. The standard InChI is InChI=1S/C17H17N17OS2/c1-5-9(25-27-16-20-7(3)31-36-16)11(18)33(29-5)13-22-14(24-15(35)23-13)34-12(19)10(6(2)30-34)26-28-17-21-8(4)32-37-17/h18-19H2,1-4H3,(H,22,23,24,35). The van der Waals surface area contributed by atoms with E-state index in [-0.39, 0.29) is 34.9 Å². The maximum Gasteiger partial charge on any atom is 0.351 e. The van der Waals surface area contributed by atoms with Crippen molar-refractivity contribution in [2.75, 3.05) is 11.5 Å². The van der Waals surface area contributed by atoms with E-state index in [0.29, 0.717) is 33.3 Å². The quantitative estimate of drug-likeness (QED) is 0.264. The van der Waals surface area contributed by atoms with E-state index in [2.05, 4.69) is 64.3 Å². The SMILES string of the molecule is Cc1nsc(N=Nc2c(C)nn(-c3nc(-n4nc(C)c(N=Nc5nc(C)ns5)c4N)[nH]c(=O)n3)c2N)n1. The Kier molecular flexibility index (Phi) is 6.01. The molecule has 0 bridgehead atoms. The summed E-state index contributed by atoms with van der Waals surface area (Å²) in [4.78, 5) is 31.4. The highest BCUT2D eigenvalue weighted by Gasteiger charge is 2.20. The van der Waals surface area contributed by atoms with Crippen LogP contribution in [0.2, 0.25) is 0 Å². The first-order valence-corrected chi connectivity index (χ1v) is 11.9. The summed E-state index contributed by atoms with van der Waals surface area (Å²) in [5, 5.41) is 25.7. The molecule has 0 spiro atoms. The van der Waals surface area contributed by atoms with Gasteiger partial charge in [0.2, 0.25) is 16.2 Å². The van der Waals surface area contributed by atoms with Crippen molar-refractivity contribution in [1.29, 1.82) is 0 Å². The number of nitrogens with zero attached hydrogens (tertiary/aromatic N) is 14. The number of hydrogen-bond acceptors (Lipinski definition) is 17. The van der Waals surface area contributed by atoms with Gasteiger partial charge >= 0.3 is 5.69 Å². The second kappa shape index (κ2) is 9.31. The molecule has 0 unspecified atom stereocenters. The largest absolute Gasteiger partial charge is 0.382 e. The van der Waals surface area contributed by atoms with Crippen LogP contribution in [0.4, 0.5) is 33.3 Å². The van der Waals surface area contributed by atoms with Crippen LogP contribution in [-0.4, -0.2) is 53.2 Å². The molecule has 0 aliphatic heterocycles. The Bertz CT molecular complexity index is 1610. The Labute approximate surface area is 214 Å². The fraction of sp³-hybridized carbons (Fsp3) is 0.235. The van der Waals surface area contributed by atoms with E-state index in [4.69, 9.17) is 11.5 Å².